The standard InChI is InChI=1S/C64H75BN2S/c1-59(2,3)42-23-19-40(20-24-42)54-56-58(68-57(54)41-21-25-43(26-22-41)60(4,5)6)65-50-37-46(63(13,14)15)31-36-51(50)66(48-32-27-44(28-33-48)61(7,8)9)52-38-47(64(16,17)18)39-53(55(52)65)67(56)49-34-29-45(30-35-49)62(10,11)12/h19-39H,1-18H3. The molecular formula is C64H75BN2S. The van der Waals surface area contributed by atoms with Gasteiger partial charge in [0.1, 0.15) is 0 Å². The van der Waals surface area contributed by atoms with Crippen LogP contribution in [0, 0.1) is 0 Å². The Hall–Kier alpha value is -5.32. The minimum absolute atomic E-state index is 0.00304. The van der Waals surface area contributed by atoms with Crippen LogP contribution in [-0.4, -0.2) is 6.71 Å². The van der Waals surface area contributed by atoms with Crippen molar-refractivity contribution in [3.63, 3.8) is 0 Å². The van der Waals surface area contributed by atoms with Gasteiger partial charge in [0.2, 0.25) is 0 Å². The lowest BCUT2D eigenvalue weighted by Gasteiger charge is -2.44. The molecule has 4 heteroatoms. The van der Waals surface area contributed by atoms with Gasteiger partial charge in [0.15, 0.2) is 0 Å². The van der Waals surface area contributed by atoms with Gasteiger partial charge in [-0.25, -0.2) is 0 Å². The van der Waals surface area contributed by atoms with Gasteiger partial charge in [0, 0.05) is 43.7 Å². The maximum absolute atomic E-state index is 2.67. The number of nitrogens with zero attached hydrogens (tertiary/aromatic N) is 2. The topological polar surface area (TPSA) is 6.48 Å². The van der Waals surface area contributed by atoms with Crippen molar-refractivity contribution in [2.75, 3.05) is 9.80 Å². The second kappa shape index (κ2) is 16.1. The van der Waals surface area contributed by atoms with Crippen molar-refractivity contribution in [3.8, 4) is 21.6 Å². The van der Waals surface area contributed by atoms with Crippen molar-refractivity contribution in [2.45, 2.75) is 157 Å². The van der Waals surface area contributed by atoms with E-state index in [1.54, 1.807) is 0 Å². The summed E-state index contributed by atoms with van der Waals surface area (Å²) in [6.45, 7) is 41.9. The highest BCUT2D eigenvalue weighted by atomic mass is 32.1. The summed E-state index contributed by atoms with van der Waals surface area (Å²) in [5, 5.41) is 0. The van der Waals surface area contributed by atoms with Gasteiger partial charge in [-0.3, -0.25) is 0 Å². The molecule has 2 aliphatic heterocycles. The molecule has 0 fully saturated rings. The lowest BCUT2D eigenvalue weighted by atomic mass is 9.35. The third-order valence-corrected chi connectivity index (χ3v) is 15.9. The maximum atomic E-state index is 2.67. The Morgan fingerprint density at radius 1 is 0.353 bits per heavy atom. The minimum atomic E-state index is -0.124. The number of benzene rings is 6. The van der Waals surface area contributed by atoms with Crippen LogP contribution in [0.15, 0.2) is 127 Å². The average molecular weight is 915 g/mol. The van der Waals surface area contributed by atoms with E-state index in [1.165, 1.54) is 105 Å². The fourth-order valence-corrected chi connectivity index (χ4v) is 11.7. The van der Waals surface area contributed by atoms with Crippen LogP contribution >= 0.6 is 11.3 Å². The van der Waals surface area contributed by atoms with E-state index in [-0.39, 0.29) is 39.2 Å². The molecular weight excluding hydrogens is 840 g/mol. The summed E-state index contributed by atoms with van der Waals surface area (Å²) in [4.78, 5) is 6.58. The fourth-order valence-electron chi connectivity index (χ4n) is 10.2. The molecule has 0 aliphatic carbocycles. The second-order valence-electron chi connectivity index (χ2n) is 26.1. The zero-order valence-corrected chi connectivity index (χ0v) is 45.3. The van der Waals surface area contributed by atoms with E-state index in [9.17, 15) is 0 Å². The van der Waals surface area contributed by atoms with Crippen molar-refractivity contribution in [2.24, 2.45) is 0 Å². The van der Waals surface area contributed by atoms with E-state index >= 15 is 0 Å². The van der Waals surface area contributed by atoms with Crippen molar-refractivity contribution in [1.29, 1.82) is 0 Å². The van der Waals surface area contributed by atoms with Crippen LogP contribution in [0.4, 0.5) is 34.1 Å². The predicted molar refractivity (Wildman–Crippen MR) is 301 cm³/mol. The summed E-state index contributed by atoms with van der Waals surface area (Å²) in [5.41, 5.74) is 22.0. The first-order chi connectivity index (χ1) is 31.5. The van der Waals surface area contributed by atoms with Gasteiger partial charge >= 0.3 is 0 Å². The molecule has 0 saturated heterocycles. The van der Waals surface area contributed by atoms with Crippen molar-refractivity contribution in [1.82, 2.24) is 0 Å². The van der Waals surface area contributed by atoms with Crippen LogP contribution in [0.1, 0.15) is 158 Å². The highest BCUT2D eigenvalue weighted by Crippen LogP contribution is 2.53. The van der Waals surface area contributed by atoms with Crippen LogP contribution in [0.5, 0.6) is 0 Å². The van der Waals surface area contributed by atoms with Crippen LogP contribution in [0.2, 0.25) is 0 Å². The first-order valence-electron chi connectivity index (χ1n) is 25.0. The summed E-state index contributed by atoms with van der Waals surface area (Å²) in [5.74, 6) is 0. The first kappa shape index (κ1) is 47.7. The lowest BCUT2D eigenvalue weighted by molar-refractivity contribution is 0.589. The van der Waals surface area contributed by atoms with Crippen molar-refractivity contribution >= 4 is 67.9 Å². The SMILES string of the molecule is CC(C)(C)c1ccc(-c2sc3c(c2-c2ccc(C(C)(C)C)cc2)N(c2ccc(C(C)(C)C)cc2)c2cc(C(C)(C)C)cc4c2B3c2cc(C(C)(C)C)ccc2N4c2ccc(C(C)(C)C)cc2)cc1. The summed E-state index contributed by atoms with van der Waals surface area (Å²) >= 11 is 2.01. The summed E-state index contributed by atoms with van der Waals surface area (Å²) < 4.78 is 1.39. The number of anilines is 6. The molecule has 3 heterocycles. The van der Waals surface area contributed by atoms with Gasteiger partial charge < -0.3 is 9.80 Å². The lowest BCUT2D eigenvalue weighted by Crippen LogP contribution is -2.60. The molecule has 6 aromatic carbocycles. The third kappa shape index (κ3) is 8.48. The summed E-state index contributed by atoms with van der Waals surface area (Å²) in [6.07, 6.45) is 0. The first-order valence-corrected chi connectivity index (χ1v) is 25.9. The Morgan fingerprint density at radius 3 is 1.15 bits per heavy atom. The van der Waals surface area contributed by atoms with E-state index < -0.39 is 0 Å². The molecule has 0 radical (unpaired) electrons. The smallest absolute Gasteiger partial charge is 0.264 e. The molecule has 2 nitrogen and oxygen atoms in total. The molecule has 9 rings (SSSR count). The highest BCUT2D eigenvalue weighted by Gasteiger charge is 2.47. The van der Waals surface area contributed by atoms with Gasteiger partial charge in [0.05, 0.1) is 5.69 Å². The highest BCUT2D eigenvalue weighted by molar-refractivity contribution is 7.31. The Kier molecular flexibility index (Phi) is 11.3. The second-order valence-corrected chi connectivity index (χ2v) is 27.1. The molecule has 68 heavy (non-hydrogen) atoms. The summed E-state index contributed by atoms with van der Waals surface area (Å²) in [7, 11) is 0. The quantitative estimate of drug-likeness (QED) is 0.162. The third-order valence-electron chi connectivity index (χ3n) is 14.6. The van der Waals surface area contributed by atoms with Crippen LogP contribution in [0.3, 0.4) is 0 Å². The Balaban J connectivity index is 1.45. The molecule has 350 valence electrons. The zero-order valence-electron chi connectivity index (χ0n) is 44.5. The minimum Gasteiger partial charge on any atom is -0.311 e. The van der Waals surface area contributed by atoms with Crippen LogP contribution in [0.25, 0.3) is 21.6 Å². The molecule has 7 aromatic rings. The molecule has 0 amide bonds. The fraction of sp³-hybridized carbons (Fsp3) is 0.375. The van der Waals surface area contributed by atoms with Gasteiger partial charge in [0.25, 0.3) is 6.71 Å². The Morgan fingerprint density at radius 2 is 0.721 bits per heavy atom. The van der Waals surface area contributed by atoms with E-state index in [0.29, 0.717) is 0 Å². The molecule has 0 spiro atoms. The van der Waals surface area contributed by atoms with E-state index in [1.807, 2.05) is 11.3 Å². The van der Waals surface area contributed by atoms with Gasteiger partial charge in [-0.05, 0) is 130 Å². The number of hydrogen-bond donors (Lipinski definition) is 0. The zero-order chi connectivity index (χ0) is 49.3. The normalized spacial score (nSPS) is 14.2. The molecule has 0 atom stereocenters. The van der Waals surface area contributed by atoms with Gasteiger partial charge in [-0.1, -0.05) is 210 Å². The van der Waals surface area contributed by atoms with Crippen LogP contribution < -0.4 is 25.5 Å². The largest absolute Gasteiger partial charge is 0.311 e. The van der Waals surface area contributed by atoms with Gasteiger partial charge in [-0.2, -0.15) is 0 Å². The molecule has 0 unspecified atom stereocenters. The molecule has 0 N–H and O–H groups in total. The van der Waals surface area contributed by atoms with Crippen molar-refractivity contribution in [3.05, 3.63) is 161 Å². The van der Waals surface area contributed by atoms with E-state index in [2.05, 4.69) is 262 Å². The predicted octanol–water partition coefficient (Wildman–Crippen LogP) is 16.9. The molecule has 2 aliphatic rings. The number of thiophene rings is 1. The Bertz CT molecular complexity index is 3020. The number of rotatable bonds is 4. The van der Waals surface area contributed by atoms with E-state index in [0.717, 1.165) is 0 Å². The molecule has 1 aromatic heterocycles. The monoisotopic (exact) mass is 915 g/mol. The molecule has 0 bridgehead atoms. The summed E-state index contributed by atoms with van der Waals surface area (Å²) in [6, 6.07) is 50.4. The van der Waals surface area contributed by atoms with Crippen molar-refractivity contribution < 1.29 is 0 Å². The van der Waals surface area contributed by atoms with Gasteiger partial charge in [-0.15, -0.1) is 11.3 Å². The number of hydrogen-bond acceptors (Lipinski definition) is 3. The maximum Gasteiger partial charge on any atom is 0.264 e. The van der Waals surface area contributed by atoms with E-state index in [4.69, 9.17) is 0 Å². The van der Waals surface area contributed by atoms with Crippen LogP contribution in [-0.2, 0) is 32.5 Å². The number of fused-ring (bicyclic) bond motifs is 4. The molecule has 0 saturated carbocycles. The average Bonchev–Trinajstić information content (AvgIpc) is 3.64. The Labute approximate surface area is 415 Å².